The summed E-state index contributed by atoms with van der Waals surface area (Å²) in [5.41, 5.74) is 3.06. The maximum absolute atomic E-state index is 6.25. The van der Waals surface area contributed by atoms with Gasteiger partial charge in [0.05, 0.1) is 17.6 Å². The van der Waals surface area contributed by atoms with Gasteiger partial charge >= 0.3 is 0 Å². The predicted molar refractivity (Wildman–Crippen MR) is 139 cm³/mol. The molecule has 0 spiro atoms. The van der Waals surface area contributed by atoms with Crippen molar-refractivity contribution >= 4 is 33.4 Å². The Morgan fingerprint density at radius 2 is 1.65 bits per heavy atom. The van der Waals surface area contributed by atoms with E-state index in [1.807, 2.05) is 62.4 Å². The van der Waals surface area contributed by atoms with Crippen LogP contribution in [0.4, 0.5) is 0 Å². The summed E-state index contributed by atoms with van der Waals surface area (Å²) >= 11 is 6.17. The Kier molecular flexibility index (Phi) is 6.41. The second kappa shape index (κ2) is 9.78. The topological polar surface area (TPSA) is 36.3 Å². The largest absolute Gasteiger partial charge is 0.494 e. The highest BCUT2D eigenvalue weighted by atomic mass is 35.5. The van der Waals surface area contributed by atoms with Gasteiger partial charge in [-0.2, -0.15) is 0 Å². The smallest absolute Gasteiger partial charge is 0.153 e. The third-order valence-corrected chi connectivity index (χ3v) is 6.43. The summed E-state index contributed by atoms with van der Waals surface area (Å²) in [6, 6.07) is 28.5. The molecule has 34 heavy (non-hydrogen) atoms. The average Bonchev–Trinajstić information content (AvgIpc) is 3.23. The zero-order valence-electron chi connectivity index (χ0n) is 19.4. The first-order valence-corrected chi connectivity index (χ1v) is 12.0. The number of hydrogen-bond donors (Lipinski definition) is 0. The van der Waals surface area contributed by atoms with Crippen molar-refractivity contribution in [3.63, 3.8) is 0 Å². The van der Waals surface area contributed by atoms with Crippen LogP contribution in [0.2, 0.25) is 5.02 Å². The number of para-hydroxylation sites is 2. The minimum Gasteiger partial charge on any atom is -0.494 e. The summed E-state index contributed by atoms with van der Waals surface area (Å²) in [5, 5.41) is 3.14. The van der Waals surface area contributed by atoms with Crippen molar-refractivity contribution in [3.05, 3.63) is 101 Å². The van der Waals surface area contributed by atoms with Gasteiger partial charge in [0, 0.05) is 11.6 Å². The van der Waals surface area contributed by atoms with Crippen molar-refractivity contribution in [1.29, 1.82) is 0 Å². The van der Waals surface area contributed by atoms with Gasteiger partial charge in [-0.15, -0.1) is 0 Å². The summed E-state index contributed by atoms with van der Waals surface area (Å²) in [5.74, 6) is 2.58. The highest BCUT2D eigenvalue weighted by Gasteiger charge is 2.18. The monoisotopic (exact) mass is 470 g/mol. The number of aromatic nitrogens is 2. The van der Waals surface area contributed by atoms with Gasteiger partial charge in [-0.1, -0.05) is 54.1 Å². The van der Waals surface area contributed by atoms with Crippen LogP contribution in [0.1, 0.15) is 30.8 Å². The number of ether oxygens (including phenoxy) is 2. The molecule has 0 saturated heterocycles. The minimum atomic E-state index is -0.214. The third-order valence-electron chi connectivity index (χ3n) is 6.01. The zero-order valence-corrected chi connectivity index (χ0v) is 20.1. The Balaban J connectivity index is 1.30. The Hall–Kier alpha value is -3.50. The molecule has 0 radical (unpaired) electrons. The van der Waals surface area contributed by atoms with Crippen LogP contribution in [0.3, 0.4) is 0 Å². The summed E-state index contributed by atoms with van der Waals surface area (Å²) in [7, 11) is 0. The second-order valence-electron chi connectivity index (χ2n) is 8.49. The fourth-order valence-corrected chi connectivity index (χ4v) is 4.37. The maximum Gasteiger partial charge on any atom is 0.153 e. The van der Waals surface area contributed by atoms with Crippen molar-refractivity contribution in [2.75, 3.05) is 6.61 Å². The van der Waals surface area contributed by atoms with Crippen LogP contribution < -0.4 is 9.47 Å². The Labute approximate surface area is 204 Å². The first-order chi connectivity index (χ1) is 16.6. The van der Waals surface area contributed by atoms with Gasteiger partial charge in [0.2, 0.25) is 0 Å². The molecule has 0 saturated carbocycles. The number of imidazole rings is 1. The molecule has 0 fully saturated rings. The maximum atomic E-state index is 6.25. The Morgan fingerprint density at radius 1 is 0.882 bits per heavy atom. The molecule has 5 heteroatoms. The van der Waals surface area contributed by atoms with Gasteiger partial charge in [0.25, 0.3) is 0 Å². The molecule has 0 aliphatic rings. The molecule has 0 aliphatic heterocycles. The van der Waals surface area contributed by atoms with E-state index in [-0.39, 0.29) is 6.10 Å². The van der Waals surface area contributed by atoms with E-state index in [0.29, 0.717) is 6.61 Å². The molecule has 5 rings (SSSR count). The van der Waals surface area contributed by atoms with Gasteiger partial charge in [0.1, 0.15) is 11.5 Å². The molecule has 1 unspecified atom stereocenters. The number of fused-ring (bicyclic) bond motifs is 2. The molecule has 0 bridgehead atoms. The quantitative estimate of drug-likeness (QED) is 0.217. The number of hydrogen-bond acceptors (Lipinski definition) is 3. The lowest BCUT2D eigenvalue weighted by atomic mass is 10.1. The summed E-state index contributed by atoms with van der Waals surface area (Å²) in [6.45, 7) is 5.42. The van der Waals surface area contributed by atoms with E-state index < -0.39 is 0 Å². The van der Waals surface area contributed by atoms with Gasteiger partial charge in [-0.3, -0.25) is 0 Å². The third kappa shape index (κ3) is 4.73. The number of aryl methyl sites for hydroxylation is 2. The molecule has 4 aromatic carbocycles. The van der Waals surface area contributed by atoms with E-state index in [2.05, 4.69) is 41.0 Å². The molecule has 1 atom stereocenters. The number of benzene rings is 4. The van der Waals surface area contributed by atoms with E-state index in [4.69, 9.17) is 26.1 Å². The Morgan fingerprint density at radius 3 is 2.50 bits per heavy atom. The van der Waals surface area contributed by atoms with Crippen molar-refractivity contribution in [2.24, 2.45) is 0 Å². The van der Waals surface area contributed by atoms with Crippen LogP contribution in [0, 0.1) is 6.92 Å². The van der Waals surface area contributed by atoms with Crippen molar-refractivity contribution in [2.45, 2.75) is 32.9 Å². The molecule has 0 aliphatic carbocycles. The normalized spacial score (nSPS) is 12.2. The van der Waals surface area contributed by atoms with E-state index in [9.17, 15) is 0 Å². The fourth-order valence-electron chi connectivity index (χ4n) is 4.26. The van der Waals surface area contributed by atoms with Crippen molar-refractivity contribution in [1.82, 2.24) is 9.55 Å². The highest BCUT2D eigenvalue weighted by molar-refractivity contribution is 6.31. The van der Waals surface area contributed by atoms with E-state index in [1.54, 1.807) is 0 Å². The lowest BCUT2D eigenvalue weighted by Crippen LogP contribution is -2.13. The van der Waals surface area contributed by atoms with E-state index in [0.717, 1.165) is 51.9 Å². The predicted octanol–water partition coefficient (Wildman–Crippen LogP) is 7.76. The van der Waals surface area contributed by atoms with E-state index in [1.165, 1.54) is 10.8 Å². The molecular weight excluding hydrogens is 444 g/mol. The molecule has 5 aromatic rings. The molecule has 1 aromatic heterocycles. The first kappa shape index (κ1) is 22.3. The van der Waals surface area contributed by atoms with Crippen LogP contribution in [0.15, 0.2) is 84.9 Å². The minimum absolute atomic E-state index is 0.214. The molecule has 4 nitrogen and oxygen atoms in total. The second-order valence-corrected chi connectivity index (χ2v) is 8.90. The highest BCUT2D eigenvalue weighted by Crippen LogP contribution is 2.28. The van der Waals surface area contributed by atoms with Gasteiger partial charge in [-0.05, 0) is 79.1 Å². The van der Waals surface area contributed by atoms with E-state index >= 15 is 0 Å². The fraction of sp³-hybridized carbons (Fsp3) is 0.207. The van der Waals surface area contributed by atoms with Crippen LogP contribution in [0.5, 0.6) is 11.5 Å². The number of halogens is 1. The van der Waals surface area contributed by atoms with Crippen LogP contribution in [0.25, 0.3) is 21.8 Å². The lowest BCUT2D eigenvalue weighted by molar-refractivity contribution is 0.210. The summed E-state index contributed by atoms with van der Waals surface area (Å²) < 4.78 is 14.6. The molecular formula is C29H27ClN2O2. The van der Waals surface area contributed by atoms with Crippen LogP contribution >= 0.6 is 11.6 Å². The van der Waals surface area contributed by atoms with Gasteiger partial charge in [-0.25, -0.2) is 4.98 Å². The molecule has 1 heterocycles. The van der Waals surface area contributed by atoms with Gasteiger partial charge in [0.15, 0.2) is 11.9 Å². The summed E-state index contributed by atoms with van der Waals surface area (Å²) in [6.07, 6.45) is 0.641. The summed E-state index contributed by atoms with van der Waals surface area (Å²) in [4.78, 5) is 4.89. The molecule has 0 amide bonds. The number of nitrogens with zero attached hydrogens (tertiary/aromatic N) is 2. The molecule has 0 N–H and O–H groups in total. The zero-order chi connectivity index (χ0) is 23.5. The Bertz CT molecular complexity index is 1440. The van der Waals surface area contributed by atoms with Crippen LogP contribution in [-0.4, -0.2) is 16.2 Å². The first-order valence-electron chi connectivity index (χ1n) is 11.6. The van der Waals surface area contributed by atoms with Gasteiger partial charge < -0.3 is 14.0 Å². The SMILES string of the molecule is Cc1cc(OC(C)c2nc3ccccc3n2CCCOc2ccc3ccccc3c2)ccc1Cl. The standard InChI is InChI=1S/C29H27ClN2O2/c1-20-18-25(14-15-26(20)30)34-21(2)29-31-27-10-5-6-11-28(27)32(29)16-7-17-33-24-13-12-22-8-3-4-9-23(22)19-24/h3-6,8-15,18-19,21H,7,16-17H2,1-2H3. The van der Waals surface area contributed by atoms with Crippen LogP contribution in [-0.2, 0) is 6.54 Å². The number of rotatable bonds is 8. The van der Waals surface area contributed by atoms with Crippen molar-refractivity contribution in [3.8, 4) is 11.5 Å². The average molecular weight is 471 g/mol. The lowest BCUT2D eigenvalue weighted by Gasteiger charge is -2.17. The van der Waals surface area contributed by atoms with Crippen molar-refractivity contribution < 1.29 is 9.47 Å². The molecule has 172 valence electrons.